The van der Waals surface area contributed by atoms with Crippen molar-refractivity contribution in [2.75, 3.05) is 6.54 Å². The summed E-state index contributed by atoms with van der Waals surface area (Å²) >= 11 is 1.70. The molecule has 0 aliphatic carbocycles. The van der Waals surface area contributed by atoms with Crippen molar-refractivity contribution in [2.24, 2.45) is 0 Å². The Morgan fingerprint density at radius 2 is 1.92 bits per heavy atom. The molecule has 0 saturated carbocycles. The van der Waals surface area contributed by atoms with E-state index in [1.165, 1.54) is 5.56 Å². The zero-order valence-electron chi connectivity index (χ0n) is 13.5. The van der Waals surface area contributed by atoms with E-state index in [9.17, 15) is 4.79 Å². The van der Waals surface area contributed by atoms with Gasteiger partial charge in [0, 0.05) is 24.6 Å². The summed E-state index contributed by atoms with van der Waals surface area (Å²) in [5.74, 6) is 0.234. The van der Waals surface area contributed by atoms with Crippen molar-refractivity contribution >= 4 is 17.2 Å². The lowest BCUT2D eigenvalue weighted by Gasteiger charge is -2.24. The predicted molar refractivity (Wildman–Crippen MR) is 97.5 cm³/mol. The average Bonchev–Trinajstić information content (AvgIpc) is 3.35. The Hall–Kier alpha value is -2.33. The molecule has 0 spiro atoms. The van der Waals surface area contributed by atoms with Crippen molar-refractivity contribution in [3.63, 3.8) is 0 Å². The Balaban J connectivity index is 1.46. The second kappa shape index (κ2) is 6.65. The average molecular weight is 336 g/mol. The van der Waals surface area contributed by atoms with Gasteiger partial charge in [0.1, 0.15) is 0 Å². The molecule has 122 valence electrons. The highest BCUT2D eigenvalue weighted by molar-refractivity contribution is 7.07. The summed E-state index contributed by atoms with van der Waals surface area (Å²) in [6.45, 7) is 0.876. The van der Waals surface area contributed by atoms with Crippen LogP contribution < -0.4 is 0 Å². The van der Waals surface area contributed by atoms with Gasteiger partial charge in [0.05, 0.1) is 12.5 Å². The Morgan fingerprint density at radius 3 is 2.62 bits per heavy atom. The van der Waals surface area contributed by atoms with Gasteiger partial charge in [0.25, 0.3) is 0 Å². The van der Waals surface area contributed by atoms with Gasteiger partial charge in [0.2, 0.25) is 5.91 Å². The van der Waals surface area contributed by atoms with Gasteiger partial charge >= 0.3 is 0 Å². The van der Waals surface area contributed by atoms with Crippen molar-refractivity contribution < 1.29 is 4.79 Å². The number of hydrogen-bond acceptors (Lipinski definition) is 2. The minimum absolute atomic E-state index is 0.234. The van der Waals surface area contributed by atoms with Gasteiger partial charge in [-0.1, -0.05) is 12.1 Å². The molecule has 1 saturated heterocycles. The fraction of sp³-hybridized carbons (Fsp3) is 0.250. The van der Waals surface area contributed by atoms with E-state index in [0.29, 0.717) is 6.42 Å². The molecular formula is C20H20N2OS. The summed E-state index contributed by atoms with van der Waals surface area (Å²) in [6.07, 6.45) is 6.70. The van der Waals surface area contributed by atoms with Crippen LogP contribution in [0.25, 0.3) is 5.69 Å². The maximum Gasteiger partial charge on any atom is 0.227 e. The van der Waals surface area contributed by atoms with E-state index < -0.39 is 0 Å². The van der Waals surface area contributed by atoms with Crippen LogP contribution in [0.15, 0.2) is 65.6 Å². The van der Waals surface area contributed by atoms with Crippen molar-refractivity contribution in [3.8, 4) is 5.69 Å². The van der Waals surface area contributed by atoms with Crippen LogP contribution in [-0.2, 0) is 11.2 Å². The zero-order valence-corrected chi connectivity index (χ0v) is 14.3. The summed E-state index contributed by atoms with van der Waals surface area (Å²) in [6, 6.07) is 14.7. The molecule has 3 nitrogen and oxygen atoms in total. The molecule has 1 fully saturated rings. The molecule has 24 heavy (non-hydrogen) atoms. The summed E-state index contributed by atoms with van der Waals surface area (Å²) in [4.78, 5) is 14.8. The van der Waals surface area contributed by atoms with Gasteiger partial charge in [-0.05, 0) is 65.1 Å². The first kappa shape index (κ1) is 15.2. The first-order chi connectivity index (χ1) is 11.8. The number of carbonyl (C=O) groups is 1. The Kier molecular flexibility index (Phi) is 4.22. The molecule has 2 aromatic heterocycles. The Labute approximate surface area is 146 Å². The fourth-order valence-electron chi connectivity index (χ4n) is 3.45. The third kappa shape index (κ3) is 3.02. The maximum absolute atomic E-state index is 12.8. The van der Waals surface area contributed by atoms with Crippen LogP contribution in [0.2, 0.25) is 0 Å². The minimum atomic E-state index is 0.234. The van der Waals surface area contributed by atoms with Crippen LogP contribution in [0, 0.1) is 0 Å². The summed E-state index contributed by atoms with van der Waals surface area (Å²) < 4.78 is 2.07. The Bertz CT molecular complexity index is 791. The first-order valence-corrected chi connectivity index (χ1v) is 9.29. The summed E-state index contributed by atoms with van der Waals surface area (Å²) in [5, 5.41) is 4.26. The van der Waals surface area contributed by atoms with E-state index in [1.807, 2.05) is 24.5 Å². The SMILES string of the molecule is O=C(Cc1ccc(-n2cccc2)cc1)N1CCC[C@@H]1c1ccsc1. The molecule has 0 radical (unpaired) electrons. The number of hydrogen-bond donors (Lipinski definition) is 0. The number of rotatable bonds is 4. The number of likely N-dealkylation sites (tertiary alicyclic amines) is 1. The van der Waals surface area contributed by atoms with Crippen molar-refractivity contribution in [1.29, 1.82) is 0 Å². The molecule has 3 aromatic rings. The number of aromatic nitrogens is 1. The molecule has 4 rings (SSSR count). The quantitative estimate of drug-likeness (QED) is 0.691. The standard InChI is InChI=1S/C20H20N2OS/c23-20(22-12-3-4-19(22)17-9-13-24-15-17)14-16-5-7-18(8-6-16)21-10-1-2-11-21/h1-2,5-11,13,15,19H,3-4,12,14H2/t19-/m1/s1. The third-order valence-electron chi connectivity index (χ3n) is 4.70. The third-order valence-corrected chi connectivity index (χ3v) is 5.40. The van der Waals surface area contributed by atoms with Crippen LogP contribution in [0.5, 0.6) is 0 Å². The van der Waals surface area contributed by atoms with Gasteiger partial charge in [-0.3, -0.25) is 4.79 Å². The van der Waals surface area contributed by atoms with E-state index in [1.54, 1.807) is 11.3 Å². The molecule has 1 aliphatic rings. The zero-order chi connectivity index (χ0) is 16.4. The minimum Gasteiger partial charge on any atom is -0.335 e. The largest absolute Gasteiger partial charge is 0.335 e. The monoisotopic (exact) mass is 336 g/mol. The van der Waals surface area contributed by atoms with E-state index in [-0.39, 0.29) is 11.9 Å². The highest BCUT2D eigenvalue weighted by atomic mass is 32.1. The van der Waals surface area contributed by atoms with Crippen molar-refractivity contribution in [2.45, 2.75) is 25.3 Å². The van der Waals surface area contributed by atoms with Crippen molar-refractivity contribution in [3.05, 3.63) is 76.7 Å². The molecule has 1 aliphatic heterocycles. The predicted octanol–water partition coefficient (Wildman–Crippen LogP) is 4.45. The molecule has 3 heterocycles. The number of thiophene rings is 1. The first-order valence-electron chi connectivity index (χ1n) is 8.35. The topological polar surface area (TPSA) is 25.2 Å². The lowest BCUT2D eigenvalue weighted by molar-refractivity contribution is -0.131. The van der Waals surface area contributed by atoms with Gasteiger partial charge in [-0.2, -0.15) is 11.3 Å². The second-order valence-corrected chi connectivity index (χ2v) is 7.02. The van der Waals surface area contributed by atoms with Crippen LogP contribution in [0.1, 0.15) is 30.0 Å². The fourth-order valence-corrected chi connectivity index (χ4v) is 4.15. The molecule has 1 amide bonds. The summed E-state index contributed by atoms with van der Waals surface area (Å²) in [7, 11) is 0. The van der Waals surface area contributed by atoms with Crippen LogP contribution in [-0.4, -0.2) is 21.9 Å². The van der Waals surface area contributed by atoms with E-state index in [4.69, 9.17) is 0 Å². The summed E-state index contributed by atoms with van der Waals surface area (Å²) in [5.41, 5.74) is 3.48. The van der Waals surface area contributed by atoms with Crippen molar-refractivity contribution in [1.82, 2.24) is 9.47 Å². The van der Waals surface area contributed by atoms with Crippen LogP contribution in [0.3, 0.4) is 0 Å². The van der Waals surface area contributed by atoms with Crippen LogP contribution in [0.4, 0.5) is 0 Å². The lowest BCUT2D eigenvalue weighted by atomic mass is 10.1. The highest BCUT2D eigenvalue weighted by Crippen LogP contribution is 2.33. The number of carbonyl (C=O) groups excluding carboxylic acids is 1. The molecule has 0 unspecified atom stereocenters. The van der Waals surface area contributed by atoms with E-state index >= 15 is 0 Å². The van der Waals surface area contributed by atoms with Gasteiger partial charge in [0.15, 0.2) is 0 Å². The van der Waals surface area contributed by atoms with Gasteiger partial charge in [-0.25, -0.2) is 0 Å². The molecule has 4 heteroatoms. The lowest BCUT2D eigenvalue weighted by Crippen LogP contribution is -2.31. The van der Waals surface area contributed by atoms with Gasteiger partial charge in [-0.15, -0.1) is 0 Å². The number of benzene rings is 1. The smallest absolute Gasteiger partial charge is 0.227 e. The molecular weight excluding hydrogens is 316 g/mol. The van der Waals surface area contributed by atoms with E-state index in [0.717, 1.165) is 30.6 Å². The van der Waals surface area contributed by atoms with E-state index in [2.05, 4.69) is 50.6 Å². The molecule has 0 N–H and O–H groups in total. The number of amides is 1. The molecule has 1 atom stereocenters. The maximum atomic E-state index is 12.8. The normalized spacial score (nSPS) is 17.3. The molecule has 1 aromatic carbocycles. The molecule has 0 bridgehead atoms. The Morgan fingerprint density at radius 1 is 1.12 bits per heavy atom. The van der Waals surface area contributed by atoms with Crippen LogP contribution >= 0.6 is 11.3 Å². The van der Waals surface area contributed by atoms with Gasteiger partial charge < -0.3 is 9.47 Å². The second-order valence-electron chi connectivity index (χ2n) is 6.24. The number of nitrogens with zero attached hydrogens (tertiary/aromatic N) is 2. The highest BCUT2D eigenvalue weighted by Gasteiger charge is 2.29.